The van der Waals surface area contributed by atoms with Crippen molar-refractivity contribution in [3.63, 3.8) is 0 Å². The summed E-state index contributed by atoms with van der Waals surface area (Å²) in [5.74, 6) is 1.20. The zero-order chi connectivity index (χ0) is 12.5. The van der Waals surface area contributed by atoms with Crippen LogP contribution in [0.4, 0.5) is 5.69 Å². The van der Waals surface area contributed by atoms with E-state index in [9.17, 15) is 8.42 Å². The molecule has 96 valence electrons. The minimum atomic E-state index is -3.17. The van der Waals surface area contributed by atoms with Crippen molar-refractivity contribution in [3.8, 4) is 0 Å². The molecule has 1 heterocycles. The lowest BCUT2D eigenvalue weighted by molar-refractivity contribution is 0.411. The van der Waals surface area contributed by atoms with Crippen LogP contribution in [-0.2, 0) is 10.0 Å². The van der Waals surface area contributed by atoms with E-state index in [1.54, 1.807) is 0 Å². The van der Waals surface area contributed by atoms with Crippen molar-refractivity contribution in [2.75, 3.05) is 4.72 Å². The third-order valence-electron chi connectivity index (χ3n) is 5.02. The number of hydrogen-bond acceptors (Lipinski definition) is 2. The molecular formula is C14H17NO2S. The summed E-state index contributed by atoms with van der Waals surface area (Å²) in [7, 11) is -3.17. The lowest BCUT2D eigenvalue weighted by Gasteiger charge is -2.36. The van der Waals surface area contributed by atoms with Crippen molar-refractivity contribution in [2.45, 2.75) is 37.4 Å². The summed E-state index contributed by atoms with van der Waals surface area (Å²) in [5.41, 5.74) is 3.27. The van der Waals surface area contributed by atoms with Crippen molar-refractivity contribution in [3.05, 3.63) is 29.3 Å². The first-order valence-electron chi connectivity index (χ1n) is 6.68. The number of fused-ring (bicyclic) bond motifs is 7. The van der Waals surface area contributed by atoms with Gasteiger partial charge in [-0.1, -0.05) is 17.7 Å². The van der Waals surface area contributed by atoms with Crippen LogP contribution in [0.2, 0.25) is 0 Å². The van der Waals surface area contributed by atoms with Gasteiger partial charge in [0.15, 0.2) is 0 Å². The number of anilines is 1. The molecule has 0 spiro atoms. The predicted octanol–water partition coefficient (Wildman–Crippen LogP) is 2.63. The molecule has 1 N–H and O–H groups in total. The molecular weight excluding hydrogens is 246 g/mol. The lowest BCUT2D eigenvalue weighted by atomic mass is 9.81. The van der Waals surface area contributed by atoms with Crippen molar-refractivity contribution >= 4 is 15.7 Å². The fraction of sp³-hybridized carbons (Fsp3) is 0.571. The van der Waals surface area contributed by atoms with E-state index in [-0.39, 0.29) is 11.2 Å². The standard InChI is InChI=1S/C14H17NO2S/c1-8-2-5-12-11(6-8)13-9-3-4-10(7-9)14(13)18(16,17)15-12/h2,5-6,9-10,13-15H,3-4,7H2,1H3/t9-,10+,13+,14+/m1/s1. The van der Waals surface area contributed by atoms with Crippen molar-refractivity contribution in [2.24, 2.45) is 11.8 Å². The highest BCUT2D eigenvalue weighted by atomic mass is 32.2. The molecule has 1 aromatic rings. The summed E-state index contributed by atoms with van der Waals surface area (Å²) in [6.45, 7) is 2.07. The van der Waals surface area contributed by atoms with E-state index >= 15 is 0 Å². The molecule has 0 unspecified atom stereocenters. The normalized spacial score (nSPS) is 38.9. The van der Waals surface area contributed by atoms with Crippen LogP contribution < -0.4 is 4.72 Å². The molecule has 2 bridgehead atoms. The first kappa shape index (κ1) is 10.9. The molecule has 2 aliphatic carbocycles. The van der Waals surface area contributed by atoms with Crippen molar-refractivity contribution in [1.29, 1.82) is 0 Å². The maximum atomic E-state index is 12.4. The summed E-state index contributed by atoms with van der Waals surface area (Å²) in [6.07, 6.45) is 3.40. The molecule has 1 aromatic carbocycles. The molecule has 18 heavy (non-hydrogen) atoms. The van der Waals surface area contributed by atoms with Crippen LogP contribution in [0.5, 0.6) is 0 Å². The molecule has 4 heteroatoms. The van der Waals surface area contributed by atoms with E-state index in [0.717, 1.165) is 18.5 Å². The molecule has 1 aliphatic heterocycles. The van der Waals surface area contributed by atoms with Gasteiger partial charge in [0.1, 0.15) is 0 Å². The van der Waals surface area contributed by atoms with E-state index in [0.29, 0.717) is 11.8 Å². The van der Waals surface area contributed by atoms with E-state index < -0.39 is 10.0 Å². The fourth-order valence-electron chi connectivity index (χ4n) is 4.39. The van der Waals surface area contributed by atoms with Gasteiger partial charge in [-0.2, -0.15) is 0 Å². The molecule has 0 aromatic heterocycles. The Morgan fingerprint density at radius 3 is 2.83 bits per heavy atom. The summed E-state index contributed by atoms with van der Waals surface area (Å²) in [6, 6.07) is 6.08. The van der Waals surface area contributed by atoms with Crippen molar-refractivity contribution < 1.29 is 8.42 Å². The highest BCUT2D eigenvalue weighted by Crippen LogP contribution is 2.58. The lowest BCUT2D eigenvalue weighted by Crippen LogP contribution is -2.41. The Bertz CT molecular complexity index is 623. The van der Waals surface area contributed by atoms with Crippen LogP contribution in [-0.4, -0.2) is 13.7 Å². The second-order valence-corrected chi connectivity index (χ2v) is 7.90. The third kappa shape index (κ3) is 1.27. The minimum absolute atomic E-state index is 0.175. The summed E-state index contributed by atoms with van der Waals surface area (Å²) in [4.78, 5) is 0. The average Bonchev–Trinajstić information content (AvgIpc) is 2.90. The molecule has 3 nitrogen and oxygen atoms in total. The van der Waals surface area contributed by atoms with Crippen LogP contribution >= 0.6 is 0 Å². The van der Waals surface area contributed by atoms with Gasteiger partial charge < -0.3 is 0 Å². The average molecular weight is 263 g/mol. The van der Waals surface area contributed by atoms with Crippen molar-refractivity contribution in [1.82, 2.24) is 0 Å². The van der Waals surface area contributed by atoms with Gasteiger partial charge in [0.05, 0.1) is 10.9 Å². The zero-order valence-corrected chi connectivity index (χ0v) is 11.2. The zero-order valence-electron chi connectivity index (χ0n) is 10.4. The largest absolute Gasteiger partial charge is 0.283 e. The summed E-state index contributed by atoms with van der Waals surface area (Å²) >= 11 is 0. The second kappa shape index (κ2) is 3.29. The van der Waals surface area contributed by atoms with Crippen LogP contribution in [0, 0.1) is 18.8 Å². The summed E-state index contributed by atoms with van der Waals surface area (Å²) in [5, 5.41) is -0.175. The highest BCUT2D eigenvalue weighted by Gasteiger charge is 2.56. The van der Waals surface area contributed by atoms with Gasteiger partial charge in [0.25, 0.3) is 0 Å². The first-order chi connectivity index (χ1) is 8.56. The second-order valence-electron chi connectivity index (χ2n) is 6.06. The number of sulfonamides is 1. The van der Waals surface area contributed by atoms with E-state index in [2.05, 4.69) is 17.7 Å². The number of hydrogen-bond donors (Lipinski definition) is 1. The number of aryl methyl sites for hydroxylation is 1. The topological polar surface area (TPSA) is 46.2 Å². The molecule has 2 fully saturated rings. The van der Waals surface area contributed by atoms with Gasteiger partial charge in [-0.15, -0.1) is 0 Å². The Hall–Kier alpha value is -1.03. The van der Waals surface area contributed by atoms with Crippen LogP contribution in [0.1, 0.15) is 36.3 Å². The van der Waals surface area contributed by atoms with Gasteiger partial charge in [-0.25, -0.2) is 8.42 Å². The Kier molecular flexibility index (Phi) is 1.99. The Balaban J connectivity index is 1.94. The SMILES string of the molecule is Cc1ccc2c(c1)[C@@H]1[C@@H]3CC[C@@H](C3)[C@@H]1S(=O)(=O)N2. The molecule has 0 amide bonds. The van der Waals surface area contributed by atoms with Gasteiger partial charge in [0, 0.05) is 5.92 Å². The Morgan fingerprint density at radius 2 is 2.00 bits per heavy atom. The maximum Gasteiger partial charge on any atom is 0.236 e. The van der Waals surface area contributed by atoms with Crippen LogP contribution in [0.15, 0.2) is 18.2 Å². The van der Waals surface area contributed by atoms with Gasteiger partial charge in [0.2, 0.25) is 10.0 Å². The third-order valence-corrected chi connectivity index (χ3v) is 6.92. The van der Waals surface area contributed by atoms with Crippen LogP contribution in [0.25, 0.3) is 0 Å². The summed E-state index contributed by atoms with van der Waals surface area (Å²) < 4.78 is 27.6. The van der Waals surface area contributed by atoms with E-state index in [4.69, 9.17) is 0 Å². The molecule has 0 saturated heterocycles. The fourth-order valence-corrected chi connectivity index (χ4v) is 6.53. The number of benzene rings is 1. The van der Waals surface area contributed by atoms with Gasteiger partial charge >= 0.3 is 0 Å². The smallest absolute Gasteiger partial charge is 0.236 e. The van der Waals surface area contributed by atoms with Gasteiger partial charge in [-0.3, -0.25) is 4.72 Å². The maximum absolute atomic E-state index is 12.4. The molecule has 0 radical (unpaired) electrons. The monoisotopic (exact) mass is 263 g/mol. The number of nitrogens with one attached hydrogen (secondary N) is 1. The molecule has 2 saturated carbocycles. The van der Waals surface area contributed by atoms with Gasteiger partial charge in [-0.05, 0) is 49.7 Å². The first-order valence-corrected chi connectivity index (χ1v) is 8.23. The molecule has 4 atom stereocenters. The highest BCUT2D eigenvalue weighted by molar-refractivity contribution is 7.93. The molecule has 4 rings (SSSR count). The Labute approximate surface area is 108 Å². The quantitative estimate of drug-likeness (QED) is 0.782. The minimum Gasteiger partial charge on any atom is -0.283 e. The number of rotatable bonds is 0. The Morgan fingerprint density at radius 1 is 1.22 bits per heavy atom. The van der Waals surface area contributed by atoms with E-state index in [1.165, 1.54) is 17.5 Å². The van der Waals surface area contributed by atoms with E-state index in [1.807, 2.05) is 12.1 Å². The van der Waals surface area contributed by atoms with Crippen LogP contribution in [0.3, 0.4) is 0 Å². The molecule has 3 aliphatic rings. The predicted molar refractivity (Wildman–Crippen MR) is 71.1 cm³/mol.